The monoisotopic (exact) mass is 231 g/mol. The summed E-state index contributed by atoms with van der Waals surface area (Å²) in [6.45, 7) is 2.07. The molecule has 0 radical (unpaired) electrons. The van der Waals surface area contributed by atoms with Crippen molar-refractivity contribution in [1.82, 2.24) is 0 Å². The Hall–Kier alpha value is -2.03. The smallest absolute Gasteiger partial charge is 0.153 e. The molecule has 0 unspecified atom stereocenters. The number of nitrogen functional groups attached to an aromatic ring is 1. The Bertz CT molecular complexity index is 525. The van der Waals surface area contributed by atoms with Gasteiger partial charge >= 0.3 is 0 Å². The van der Waals surface area contributed by atoms with E-state index in [1.165, 1.54) is 18.2 Å². The molecule has 88 valence electrons. The summed E-state index contributed by atoms with van der Waals surface area (Å²) in [5.74, 6) is 0.653. The Balaban J connectivity index is 2.27. The predicted octanol–water partition coefficient (Wildman–Crippen LogP) is 3.76. The summed E-state index contributed by atoms with van der Waals surface area (Å²) in [5, 5.41) is 0. The van der Waals surface area contributed by atoms with Crippen LogP contribution in [0.4, 0.5) is 10.1 Å². The molecule has 0 aliphatic rings. The van der Waals surface area contributed by atoms with Gasteiger partial charge in [-0.05, 0) is 36.2 Å². The van der Waals surface area contributed by atoms with Crippen molar-refractivity contribution < 1.29 is 9.13 Å². The van der Waals surface area contributed by atoms with Crippen molar-refractivity contribution in [3.8, 4) is 11.5 Å². The van der Waals surface area contributed by atoms with Gasteiger partial charge in [-0.1, -0.05) is 19.1 Å². The van der Waals surface area contributed by atoms with Gasteiger partial charge in [-0.25, -0.2) is 4.39 Å². The van der Waals surface area contributed by atoms with Gasteiger partial charge in [0.05, 0.1) is 5.69 Å². The molecule has 17 heavy (non-hydrogen) atoms. The van der Waals surface area contributed by atoms with E-state index in [9.17, 15) is 4.39 Å². The molecule has 0 amide bonds. The Labute approximate surface area is 99.8 Å². The van der Waals surface area contributed by atoms with E-state index in [1.807, 2.05) is 24.3 Å². The van der Waals surface area contributed by atoms with E-state index in [-0.39, 0.29) is 5.82 Å². The fraction of sp³-hybridized carbons (Fsp3) is 0.143. The Morgan fingerprint density at radius 3 is 2.76 bits per heavy atom. The number of hydrogen-bond donors (Lipinski definition) is 1. The lowest BCUT2D eigenvalue weighted by Crippen LogP contribution is -1.93. The van der Waals surface area contributed by atoms with Crippen LogP contribution in [0.5, 0.6) is 11.5 Å². The van der Waals surface area contributed by atoms with Crippen LogP contribution in [0.1, 0.15) is 12.5 Å². The van der Waals surface area contributed by atoms with Gasteiger partial charge in [0, 0.05) is 6.07 Å². The van der Waals surface area contributed by atoms with Gasteiger partial charge in [0.15, 0.2) is 5.75 Å². The minimum atomic E-state index is -0.360. The van der Waals surface area contributed by atoms with Gasteiger partial charge in [0.25, 0.3) is 0 Å². The van der Waals surface area contributed by atoms with E-state index in [0.29, 0.717) is 17.2 Å². The molecule has 0 bridgehead atoms. The summed E-state index contributed by atoms with van der Waals surface area (Å²) in [6.07, 6.45) is 0.926. The average molecular weight is 231 g/mol. The number of hydrogen-bond acceptors (Lipinski definition) is 2. The number of halogens is 1. The highest BCUT2D eigenvalue weighted by molar-refractivity contribution is 5.54. The largest absolute Gasteiger partial charge is 0.455 e. The maximum absolute atomic E-state index is 13.1. The first-order valence-corrected chi connectivity index (χ1v) is 5.51. The van der Waals surface area contributed by atoms with Crippen molar-refractivity contribution in [3.05, 3.63) is 53.8 Å². The minimum Gasteiger partial charge on any atom is -0.455 e. The summed E-state index contributed by atoms with van der Waals surface area (Å²) in [6, 6.07) is 11.8. The zero-order valence-corrected chi connectivity index (χ0v) is 9.61. The van der Waals surface area contributed by atoms with Gasteiger partial charge in [-0.15, -0.1) is 0 Å². The van der Waals surface area contributed by atoms with Gasteiger partial charge in [-0.2, -0.15) is 0 Å². The molecule has 0 fully saturated rings. The van der Waals surface area contributed by atoms with E-state index < -0.39 is 0 Å². The quantitative estimate of drug-likeness (QED) is 0.816. The van der Waals surface area contributed by atoms with E-state index in [1.54, 1.807) is 0 Å². The zero-order valence-electron chi connectivity index (χ0n) is 9.61. The maximum Gasteiger partial charge on any atom is 0.153 e. The SMILES string of the molecule is CCc1cccc(Oc2cc(F)ccc2N)c1. The third-order valence-corrected chi connectivity index (χ3v) is 2.51. The molecular weight excluding hydrogens is 217 g/mol. The van der Waals surface area contributed by atoms with Gasteiger partial charge in [0.1, 0.15) is 11.6 Å². The van der Waals surface area contributed by atoms with Crippen LogP contribution in [0.3, 0.4) is 0 Å². The molecule has 0 aliphatic carbocycles. The molecule has 0 aromatic heterocycles. The summed E-state index contributed by atoms with van der Waals surface area (Å²) in [4.78, 5) is 0. The van der Waals surface area contributed by atoms with E-state index in [4.69, 9.17) is 10.5 Å². The van der Waals surface area contributed by atoms with Crippen LogP contribution in [0.25, 0.3) is 0 Å². The number of anilines is 1. The molecule has 0 spiro atoms. The molecule has 2 N–H and O–H groups in total. The fourth-order valence-electron chi connectivity index (χ4n) is 1.55. The van der Waals surface area contributed by atoms with Crippen LogP contribution in [0.2, 0.25) is 0 Å². The zero-order chi connectivity index (χ0) is 12.3. The third-order valence-electron chi connectivity index (χ3n) is 2.51. The molecule has 2 aromatic rings. The third kappa shape index (κ3) is 2.75. The molecule has 0 aliphatic heterocycles. The van der Waals surface area contributed by atoms with Crippen molar-refractivity contribution in [1.29, 1.82) is 0 Å². The second-order valence-electron chi connectivity index (χ2n) is 3.79. The number of ether oxygens (including phenoxy) is 1. The molecule has 2 nitrogen and oxygen atoms in total. The molecule has 0 atom stereocenters. The highest BCUT2D eigenvalue weighted by Gasteiger charge is 2.04. The number of aryl methyl sites for hydroxylation is 1. The Kier molecular flexibility index (Phi) is 3.28. The second-order valence-corrected chi connectivity index (χ2v) is 3.79. The predicted molar refractivity (Wildman–Crippen MR) is 66.7 cm³/mol. The van der Waals surface area contributed by atoms with Crippen LogP contribution >= 0.6 is 0 Å². The van der Waals surface area contributed by atoms with Crippen LogP contribution in [0.15, 0.2) is 42.5 Å². The van der Waals surface area contributed by atoms with E-state index in [0.717, 1.165) is 12.0 Å². The number of benzene rings is 2. The second kappa shape index (κ2) is 4.87. The van der Waals surface area contributed by atoms with Gasteiger partial charge in [0.2, 0.25) is 0 Å². The van der Waals surface area contributed by atoms with Crippen LogP contribution in [-0.4, -0.2) is 0 Å². The first-order valence-electron chi connectivity index (χ1n) is 5.51. The highest BCUT2D eigenvalue weighted by Crippen LogP contribution is 2.28. The van der Waals surface area contributed by atoms with Crippen molar-refractivity contribution in [2.24, 2.45) is 0 Å². The lowest BCUT2D eigenvalue weighted by molar-refractivity contribution is 0.478. The first kappa shape index (κ1) is 11.5. The molecular formula is C14H14FNO. The summed E-state index contributed by atoms with van der Waals surface area (Å²) in [7, 11) is 0. The Morgan fingerprint density at radius 1 is 1.18 bits per heavy atom. The molecule has 3 heteroatoms. The topological polar surface area (TPSA) is 35.2 Å². The highest BCUT2D eigenvalue weighted by atomic mass is 19.1. The molecule has 2 rings (SSSR count). The van der Waals surface area contributed by atoms with E-state index in [2.05, 4.69) is 6.92 Å². The number of rotatable bonds is 3. The fourth-order valence-corrected chi connectivity index (χ4v) is 1.55. The maximum atomic E-state index is 13.1. The molecule has 0 saturated carbocycles. The van der Waals surface area contributed by atoms with Crippen molar-refractivity contribution in [2.45, 2.75) is 13.3 Å². The summed E-state index contributed by atoms with van der Waals surface area (Å²) in [5.41, 5.74) is 7.30. The van der Waals surface area contributed by atoms with Crippen molar-refractivity contribution in [2.75, 3.05) is 5.73 Å². The lowest BCUT2D eigenvalue weighted by Gasteiger charge is -2.09. The standard InChI is InChI=1S/C14H14FNO/c1-2-10-4-3-5-12(8-10)17-14-9-11(15)6-7-13(14)16/h3-9H,2,16H2,1H3. The Morgan fingerprint density at radius 2 is 2.00 bits per heavy atom. The van der Waals surface area contributed by atoms with Crippen LogP contribution < -0.4 is 10.5 Å². The normalized spacial score (nSPS) is 10.2. The summed E-state index contributed by atoms with van der Waals surface area (Å²) >= 11 is 0. The minimum absolute atomic E-state index is 0.346. The molecule has 0 saturated heterocycles. The van der Waals surface area contributed by atoms with Crippen molar-refractivity contribution >= 4 is 5.69 Å². The van der Waals surface area contributed by atoms with Gasteiger partial charge in [-0.3, -0.25) is 0 Å². The van der Waals surface area contributed by atoms with Crippen LogP contribution in [-0.2, 0) is 6.42 Å². The summed E-state index contributed by atoms with van der Waals surface area (Å²) < 4.78 is 18.6. The molecule has 0 heterocycles. The molecule has 2 aromatic carbocycles. The van der Waals surface area contributed by atoms with Gasteiger partial charge < -0.3 is 10.5 Å². The average Bonchev–Trinajstić information content (AvgIpc) is 2.34. The first-order chi connectivity index (χ1) is 8.19. The van der Waals surface area contributed by atoms with Crippen LogP contribution in [0, 0.1) is 5.82 Å². The van der Waals surface area contributed by atoms with Crippen molar-refractivity contribution in [3.63, 3.8) is 0 Å². The number of nitrogens with two attached hydrogens (primary N) is 1. The van der Waals surface area contributed by atoms with E-state index >= 15 is 0 Å². The lowest BCUT2D eigenvalue weighted by atomic mass is 10.2.